The molecule has 2 N–H and O–H groups in total. The zero-order valence-electron chi connectivity index (χ0n) is 15.7. The molecule has 0 bridgehead atoms. The van der Waals surface area contributed by atoms with Crippen LogP contribution >= 0.6 is 0 Å². The summed E-state index contributed by atoms with van der Waals surface area (Å²) in [6.07, 6.45) is 3.19. The first kappa shape index (κ1) is 19.1. The standard InChI is InChI=1S/C22H25FN2O2/c1-3-15-5-4-6-18-20(14-25-22(15)18)19(13-21(26)24-11-12-27-2)16-7-9-17(23)10-8-16/h4-10,14,19,25H,3,11-13H2,1-2H3,(H,24,26)/t19-/m1/s1. The van der Waals surface area contributed by atoms with E-state index in [-0.39, 0.29) is 17.6 Å². The van der Waals surface area contributed by atoms with Gasteiger partial charge in [-0.25, -0.2) is 4.39 Å². The number of aromatic nitrogens is 1. The summed E-state index contributed by atoms with van der Waals surface area (Å²) in [7, 11) is 1.60. The largest absolute Gasteiger partial charge is 0.383 e. The summed E-state index contributed by atoms with van der Waals surface area (Å²) in [4.78, 5) is 15.8. The van der Waals surface area contributed by atoms with E-state index in [4.69, 9.17) is 4.74 Å². The van der Waals surface area contributed by atoms with E-state index in [0.29, 0.717) is 19.6 Å². The van der Waals surface area contributed by atoms with E-state index in [1.165, 1.54) is 17.7 Å². The van der Waals surface area contributed by atoms with Crippen molar-refractivity contribution in [3.8, 4) is 0 Å². The van der Waals surface area contributed by atoms with Crippen molar-refractivity contribution >= 4 is 16.8 Å². The molecule has 1 aromatic heterocycles. The van der Waals surface area contributed by atoms with Crippen LogP contribution in [0.15, 0.2) is 48.7 Å². The lowest BCUT2D eigenvalue weighted by atomic mass is 9.87. The smallest absolute Gasteiger partial charge is 0.221 e. The molecule has 0 saturated carbocycles. The van der Waals surface area contributed by atoms with Crippen molar-refractivity contribution in [2.75, 3.05) is 20.3 Å². The minimum atomic E-state index is -0.283. The zero-order chi connectivity index (χ0) is 19.2. The number of aromatic amines is 1. The molecule has 1 amide bonds. The molecule has 0 aliphatic heterocycles. The summed E-state index contributed by atoms with van der Waals surface area (Å²) in [6.45, 7) is 3.06. The van der Waals surface area contributed by atoms with Crippen LogP contribution < -0.4 is 5.32 Å². The number of benzene rings is 2. The lowest BCUT2D eigenvalue weighted by Gasteiger charge is -2.17. The predicted octanol–water partition coefficient (Wildman–Crippen LogP) is 4.15. The van der Waals surface area contributed by atoms with Gasteiger partial charge in [0.15, 0.2) is 0 Å². The van der Waals surface area contributed by atoms with Gasteiger partial charge >= 0.3 is 0 Å². The van der Waals surface area contributed by atoms with Gasteiger partial charge in [-0.05, 0) is 35.2 Å². The second-order valence-corrected chi connectivity index (χ2v) is 6.59. The Morgan fingerprint density at radius 1 is 1.22 bits per heavy atom. The average Bonchev–Trinajstić information content (AvgIpc) is 3.11. The molecule has 0 saturated heterocycles. The van der Waals surface area contributed by atoms with E-state index < -0.39 is 0 Å². The molecule has 0 radical (unpaired) electrons. The number of nitrogens with one attached hydrogen (secondary N) is 2. The van der Waals surface area contributed by atoms with Gasteiger partial charge in [0.1, 0.15) is 5.82 Å². The van der Waals surface area contributed by atoms with Gasteiger partial charge in [0, 0.05) is 43.1 Å². The number of H-pyrrole nitrogens is 1. The van der Waals surface area contributed by atoms with Crippen LogP contribution in [0.1, 0.15) is 36.0 Å². The molecular weight excluding hydrogens is 343 g/mol. The molecule has 0 spiro atoms. The highest BCUT2D eigenvalue weighted by atomic mass is 19.1. The van der Waals surface area contributed by atoms with Gasteiger partial charge in [-0.1, -0.05) is 37.3 Å². The molecule has 3 rings (SSSR count). The van der Waals surface area contributed by atoms with E-state index in [2.05, 4.69) is 29.4 Å². The Morgan fingerprint density at radius 3 is 2.70 bits per heavy atom. The Hall–Kier alpha value is -2.66. The fourth-order valence-corrected chi connectivity index (χ4v) is 3.47. The molecule has 0 aliphatic carbocycles. The van der Waals surface area contributed by atoms with Crippen LogP contribution in [-0.2, 0) is 16.0 Å². The van der Waals surface area contributed by atoms with Crippen molar-refractivity contribution in [3.05, 3.63) is 71.2 Å². The lowest BCUT2D eigenvalue weighted by Crippen LogP contribution is -2.28. The highest BCUT2D eigenvalue weighted by Gasteiger charge is 2.22. The molecule has 1 heterocycles. The van der Waals surface area contributed by atoms with Crippen molar-refractivity contribution in [3.63, 3.8) is 0 Å². The van der Waals surface area contributed by atoms with Crippen LogP contribution in [0.25, 0.3) is 10.9 Å². The second kappa shape index (κ2) is 8.82. The molecule has 0 unspecified atom stereocenters. The van der Waals surface area contributed by atoms with E-state index in [1.54, 1.807) is 19.2 Å². The maximum Gasteiger partial charge on any atom is 0.221 e. The predicted molar refractivity (Wildman–Crippen MR) is 105 cm³/mol. The maximum atomic E-state index is 13.4. The maximum absolute atomic E-state index is 13.4. The van der Waals surface area contributed by atoms with Crippen LogP contribution in [0.5, 0.6) is 0 Å². The lowest BCUT2D eigenvalue weighted by molar-refractivity contribution is -0.121. The molecule has 5 heteroatoms. The molecular formula is C22H25FN2O2. The van der Waals surface area contributed by atoms with Crippen molar-refractivity contribution in [2.24, 2.45) is 0 Å². The molecule has 3 aromatic rings. The summed E-state index contributed by atoms with van der Waals surface area (Å²) in [5.41, 5.74) is 4.30. The zero-order valence-corrected chi connectivity index (χ0v) is 15.7. The Balaban J connectivity index is 1.97. The Labute approximate surface area is 158 Å². The van der Waals surface area contributed by atoms with E-state index >= 15 is 0 Å². The molecule has 2 aromatic carbocycles. The molecule has 1 atom stereocenters. The first-order valence-electron chi connectivity index (χ1n) is 9.24. The Kier molecular flexibility index (Phi) is 6.24. The monoisotopic (exact) mass is 368 g/mol. The summed E-state index contributed by atoms with van der Waals surface area (Å²) < 4.78 is 18.4. The number of aryl methyl sites for hydroxylation is 1. The number of methoxy groups -OCH3 is 1. The second-order valence-electron chi connectivity index (χ2n) is 6.59. The van der Waals surface area contributed by atoms with Crippen molar-refractivity contribution in [1.29, 1.82) is 0 Å². The van der Waals surface area contributed by atoms with Gasteiger partial charge in [-0.3, -0.25) is 4.79 Å². The van der Waals surface area contributed by atoms with Gasteiger partial charge in [0.25, 0.3) is 0 Å². The number of carbonyl (C=O) groups is 1. The minimum Gasteiger partial charge on any atom is -0.383 e. The highest BCUT2D eigenvalue weighted by molar-refractivity contribution is 5.88. The van der Waals surface area contributed by atoms with Crippen LogP contribution in [0.3, 0.4) is 0 Å². The first-order chi connectivity index (χ1) is 13.1. The number of rotatable bonds is 8. The van der Waals surface area contributed by atoms with Crippen molar-refractivity contribution in [2.45, 2.75) is 25.7 Å². The fraction of sp³-hybridized carbons (Fsp3) is 0.318. The van der Waals surface area contributed by atoms with E-state index in [1.807, 2.05) is 12.3 Å². The number of ether oxygens (including phenoxy) is 1. The number of carbonyl (C=O) groups excluding carboxylic acids is 1. The Bertz CT molecular complexity index is 902. The minimum absolute atomic E-state index is 0.0534. The average molecular weight is 368 g/mol. The van der Waals surface area contributed by atoms with Crippen LogP contribution in [-0.4, -0.2) is 31.2 Å². The number of hydrogen-bond acceptors (Lipinski definition) is 2. The molecule has 0 aliphatic rings. The number of fused-ring (bicyclic) bond motifs is 1. The van der Waals surface area contributed by atoms with E-state index in [9.17, 15) is 9.18 Å². The Morgan fingerprint density at radius 2 is 2.00 bits per heavy atom. The highest BCUT2D eigenvalue weighted by Crippen LogP contribution is 2.34. The number of para-hydroxylation sites is 1. The fourth-order valence-electron chi connectivity index (χ4n) is 3.47. The van der Waals surface area contributed by atoms with Gasteiger partial charge < -0.3 is 15.0 Å². The molecule has 27 heavy (non-hydrogen) atoms. The van der Waals surface area contributed by atoms with Crippen molar-refractivity contribution in [1.82, 2.24) is 10.3 Å². The van der Waals surface area contributed by atoms with Crippen LogP contribution in [0, 0.1) is 5.82 Å². The van der Waals surface area contributed by atoms with Crippen LogP contribution in [0.4, 0.5) is 4.39 Å². The SMILES string of the molecule is CCc1cccc2c([C@H](CC(=O)NCCOC)c3ccc(F)cc3)c[nH]c12. The summed E-state index contributed by atoms with van der Waals surface area (Å²) in [6, 6.07) is 12.6. The van der Waals surface area contributed by atoms with Crippen molar-refractivity contribution < 1.29 is 13.9 Å². The summed E-state index contributed by atoms with van der Waals surface area (Å²) in [5, 5.41) is 3.98. The summed E-state index contributed by atoms with van der Waals surface area (Å²) >= 11 is 0. The van der Waals surface area contributed by atoms with Gasteiger partial charge in [0.2, 0.25) is 5.91 Å². The topological polar surface area (TPSA) is 54.1 Å². The van der Waals surface area contributed by atoms with Gasteiger partial charge in [0.05, 0.1) is 6.61 Å². The number of halogens is 1. The van der Waals surface area contributed by atoms with Crippen LogP contribution in [0.2, 0.25) is 0 Å². The third-order valence-corrected chi connectivity index (χ3v) is 4.88. The molecule has 142 valence electrons. The normalized spacial score (nSPS) is 12.3. The van der Waals surface area contributed by atoms with Gasteiger partial charge in [-0.15, -0.1) is 0 Å². The number of amides is 1. The van der Waals surface area contributed by atoms with E-state index in [0.717, 1.165) is 28.5 Å². The third kappa shape index (κ3) is 4.37. The number of hydrogen-bond donors (Lipinski definition) is 2. The molecule has 0 fully saturated rings. The molecule has 4 nitrogen and oxygen atoms in total. The third-order valence-electron chi connectivity index (χ3n) is 4.88. The van der Waals surface area contributed by atoms with Gasteiger partial charge in [-0.2, -0.15) is 0 Å². The summed E-state index contributed by atoms with van der Waals surface area (Å²) in [5.74, 6) is -0.495. The quantitative estimate of drug-likeness (QED) is 0.587. The first-order valence-corrected chi connectivity index (χ1v) is 9.24.